The highest BCUT2D eigenvalue weighted by Crippen LogP contribution is 2.29. The topological polar surface area (TPSA) is 29.1 Å². The molecule has 19 heavy (non-hydrogen) atoms. The molecule has 1 aromatic carbocycles. The molecular weight excluding hydrogens is 261 g/mol. The van der Waals surface area contributed by atoms with Crippen molar-refractivity contribution in [3.05, 3.63) is 30.1 Å². The summed E-state index contributed by atoms with van der Waals surface area (Å²) < 4.78 is 25.7. The fourth-order valence-corrected chi connectivity index (χ4v) is 4.16. The van der Waals surface area contributed by atoms with Crippen LogP contribution in [0, 0.1) is 11.7 Å². The van der Waals surface area contributed by atoms with Crippen LogP contribution in [0.1, 0.15) is 32.6 Å². The van der Waals surface area contributed by atoms with Gasteiger partial charge in [0.05, 0.1) is 15.7 Å². The first-order chi connectivity index (χ1) is 9.22. The number of benzene rings is 1. The molecule has 4 heteroatoms. The number of rotatable bonds is 6. The molecule has 0 heterocycles. The van der Waals surface area contributed by atoms with E-state index in [-0.39, 0.29) is 5.82 Å². The van der Waals surface area contributed by atoms with Crippen LogP contribution in [-0.4, -0.2) is 22.5 Å². The molecule has 1 aliphatic carbocycles. The van der Waals surface area contributed by atoms with Crippen molar-refractivity contribution in [3.63, 3.8) is 0 Å². The van der Waals surface area contributed by atoms with E-state index in [9.17, 15) is 8.60 Å². The summed E-state index contributed by atoms with van der Waals surface area (Å²) in [5.41, 5.74) is 0. The van der Waals surface area contributed by atoms with Crippen molar-refractivity contribution in [3.8, 4) is 0 Å². The second kappa shape index (κ2) is 7.15. The third kappa shape index (κ3) is 3.86. The molecule has 106 valence electrons. The highest BCUT2D eigenvalue weighted by atomic mass is 32.2. The summed E-state index contributed by atoms with van der Waals surface area (Å²) in [6.45, 7) is 3.10. The van der Waals surface area contributed by atoms with Crippen molar-refractivity contribution in [2.75, 3.05) is 12.3 Å². The van der Waals surface area contributed by atoms with Crippen LogP contribution in [0.2, 0.25) is 0 Å². The van der Waals surface area contributed by atoms with Gasteiger partial charge in [0.1, 0.15) is 5.82 Å². The Morgan fingerprint density at radius 3 is 2.89 bits per heavy atom. The fourth-order valence-electron chi connectivity index (χ4n) is 2.91. The Morgan fingerprint density at radius 1 is 1.37 bits per heavy atom. The van der Waals surface area contributed by atoms with E-state index < -0.39 is 10.8 Å². The molecule has 3 unspecified atom stereocenters. The molecule has 1 saturated carbocycles. The molecule has 1 N–H and O–H groups in total. The molecule has 3 atom stereocenters. The van der Waals surface area contributed by atoms with Gasteiger partial charge in [-0.05, 0) is 43.9 Å². The summed E-state index contributed by atoms with van der Waals surface area (Å²) in [7, 11) is -1.21. The Bertz CT molecular complexity index is 438. The van der Waals surface area contributed by atoms with E-state index in [1.54, 1.807) is 18.2 Å². The van der Waals surface area contributed by atoms with Crippen molar-refractivity contribution in [2.24, 2.45) is 5.92 Å². The largest absolute Gasteiger partial charge is 0.314 e. The molecule has 0 spiro atoms. The van der Waals surface area contributed by atoms with E-state index in [4.69, 9.17) is 0 Å². The quantitative estimate of drug-likeness (QED) is 0.869. The maximum Gasteiger partial charge on any atom is 0.139 e. The Hall–Kier alpha value is -0.740. The number of nitrogens with one attached hydrogen (secondary N) is 1. The molecule has 1 aromatic rings. The summed E-state index contributed by atoms with van der Waals surface area (Å²) in [5.74, 6) is 0.805. The third-order valence-corrected chi connectivity index (χ3v) is 5.31. The molecular formula is C15H22FNOS. The zero-order chi connectivity index (χ0) is 13.7. The lowest BCUT2D eigenvalue weighted by molar-refractivity contribution is 0.399. The number of hydrogen-bond donors (Lipinski definition) is 1. The smallest absolute Gasteiger partial charge is 0.139 e. The maximum atomic E-state index is 13.5. The molecule has 0 radical (unpaired) electrons. The van der Waals surface area contributed by atoms with Crippen LogP contribution in [0.3, 0.4) is 0 Å². The normalized spacial score (nSPS) is 24.5. The summed E-state index contributed by atoms with van der Waals surface area (Å²) in [4.78, 5) is 0.348. The predicted molar refractivity (Wildman–Crippen MR) is 77.1 cm³/mol. The Kier molecular flexibility index (Phi) is 5.52. The van der Waals surface area contributed by atoms with Crippen LogP contribution in [0.15, 0.2) is 29.2 Å². The summed E-state index contributed by atoms with van der Waals surface area (Å²) in [6, 6.07) is 6.94. The minimum atomic E-state index is -1.21. The lowest BCUT2D eigenvalue weighted by atomic mass is 10.0. The van der Waals surface area contributed by atoms with Gasteiger partial charge in [0.2, 0.25) is 0 Å². The van der Waals surface area contributed by atoms with Gasteiger partial charge in [-0.3, -0.25) is 4.21 Å². The Balaban J connectivity index is 1.88. The first-order valence-corrected chi connectivity index (χ1v) is 8.40. The summed E-state index contributed by atoms with van der Waals surface area (Å²) in [5, 5.41) is 3.50. The Labute approximate surface area is 117 Å². The van der Waals surface area contributed by atoms with Crippen molar-refractivity contribution in [1.82, 2.24) is 5.32 Å². The molecule has 0 aliphatic heterocycles. The lowest BCUT2D eigenvalue weighted by Gasteiger charge is -2.20. The van der Waals surface area contributed by atoms with Crippen LogP contribution < -0.4 is 5.32 Å². The fraction of sp³-hybridized carbons (Fsp3) is 0.600. The van der Waals surface area contributed by atoms with Gasteiger partial charge in [-0.2, -0.15) is 0 Å². The average molecular weight is 283 g/mol. The molecule has 1 aliphatic rings. The van der Waals surface area contributed by atoms with Crippen LogP contribution in [0.4, 0.5) is 4.39 Å². The van der Waals surface area contributed by atoms with Crippen LogP contribution in [-0.2, 0) is 10.8 Å². The SMILES string of the molecule is CCNC1CCCC1CCS(=O)c1ccccc1F. The first-order valence-electron chi connectivity index (χ1n) is 7.08. The molecule has 2 rings (SSSR count). The van der Waals surface area contributed by atoms with Crippen LogP contribution in [0.25, 0.3) is 0 Å². The van der Waals surface area contributed by atoms with Gasteiger partial charge in [0.15, 0.2) is 0 Å². The van der Waals surface area contributed by atoms with E-state index in [0.717, 1.165) is 13.0 Å². The van der Waals surface area contributed by atoms with Crippen molar-refractivity contribution in [1.29, 1.82) is 0 Å². The second-order valence-electron chi connectivity index (χ2n) is 5.12. The zero-order valence-electron chi connectivity index (χ0n) is 11.4. The van der Waals surface area contributed by atoms with Gasteiger partial charge < -0.3 is 5.32 Å². The Morgan fingerprint density at radius 2 is 2.16 bits per heavy atom. The van der Waals surface area contributed by atoms with Gasteiger partial charge >= 0.3 is 0 Å². The van der Waals surface area contributed by atoms with E-state index in [1.807, 2.05) is 0 Å². The second-order valence-corrected chi connectivity index (χ2v) is 6.66. The highest BCUT2D eigenvalue weighted by molar-refractivity contribution is 7.85. The van der Waals surface area contributed by atoms with Crippen molar-refractivity contribution < 1.29 is 8.60 Å². The molecule has 1 fully saturated rings. The minimum absolute atomic E-state index is 0.348. The van der Waals surface area contributed by atoms with Gasteiger partial charge in [-0.25, -0.2) is 4.39 Å². The lowest BCUT2D eigenvalue weighted by Crippen LogP contribution is -2.32. The molecule has 0 aromatic heterocycles. The van der Waals surface area contributed by atoms with Gasteiger partial charge in [0, 0.05) is 11.8 Å². The van der Waals surface area contributed by atoms with Crippen molar-refractivity contribution in [2.45, 2.75) is 43.5 Å². The highest BCUT2D eigenvalue weighted by Gasteiger charge is 2.26. The molecule has 2 nitrogen and oxygen atoms in total. The van der Waals surface area contributed by atoms with E-state index in [0.29, 0.717) is 22.6 Å². The van der Waals surface area contributed by atoms with Crippen LogP contribution >= 0.6 is 0 Å². The first kappa shape index (κ1) is 14.7. The third-order valence-electron chi connectivity index (χ3n) is 3.88. The standard InChI is InChI=1S/C15H22FNOS/c1-2-17-14-8-5-6-12(14)10-11-19(18)15-9-4-3-7-13(15)16/h3-4,7,9,12,14,17H,2,5-6,8,10-11H2,1H3. The predicted octanol–water partition coefficient (Wildman–Crippen LogP) is 3.10. The van der Waals surface area contributed by atoms with E-state index in [2.05, 4.69) is 12.2 Å². The molecule has 0 bridgehead atoms. The number of halogens is 1. The van der Waals surface area contributed by atoms with E-state index in [1.165, 1.54) is 25.3 Å². The van der Waals surface area contributed by atoms with Gasteiger partial charge in [0.25, 0.3) is 0 Å². The molecule has 0 amide bonds. The summed E-state index contributed by atoms with van der Waals surface area (Å²) >= 11 is 0. The monoisotopic (exact) mass is 283 g/mol. The molecule has 0 saturated heterocycles. The van der Waals surface area contributed by atoms with Crippen LogP contribution in [0.5, 0.6) is 0 Å². The maximum absolute atomic E-state index is 13.5. The average Bonchev–Trinajstić information content (AvgIpc) is 2.84. The van der Waals surface area contributed by atoms with Crippen molar-refractivity contribution >= 4 is 10.8 Å². The number of hydrogen-bond acceptors (Lipinski definition) is 2. The minimum Gasteiger partial charge on any atom is -0.314 e. The van der Waals surface area contributed by atoms with E-state index >= 15 is 0 Å². The summed E-state index contributed by atoms with van der Waals surface area (Å²) in [6.07, 6.45) is 4.57. The zero-order valence-corrected chi connectivity index (χ0v) is 12.2. The van der Waals surface area contributed by atoms with Gasteiger partial charge in [-0.1, -0.05) is 25.5 Å². The van der Waals surface area contributed by atoms with Gasteiger partial charge in [-0.15, -0.1) is 0 Å².